The Hall–Kier alpha value is -1.71. The molecule has 2 aromatic carbocycles. The fraction of sp³-hybridized carbons (Fsp3) is 0.333. The minimum atomic E-state index is -0.214. The van der Waals surface area contributed by atoms with Crippen LogP contribution in [0.4, 0.5) is 4.39 Å². The predicted octanol–water partition coefficient (Wildman–Crippen LogP) is 3.67. The fourth-order valence-electron chi connectivity index (χ4n) is 2.39. The molecule has 3 heteroatoms. The number of rotatable bonds is 8. The number of benzene rings is 2. The van der Waals surface area contributed by atoms with Crippen molar-refractivity contribution < 1.29 is 9.50 Å². The summed E-state index contributed by atoms with van der Waals surface area (Å²) >= 11 is 0. The van der Waals surface area contributed by atoms with Crippen LogP contribution in [0.15, 0.2) is 54.6 Å². The second kappa shape index (κ2) is 8.55. The monoisotopic (exact) mass is 287 g/mol. The molecule has 0 aliphatic rings. The number of aliphatic hydroxyl groups excluding tert-OH is 1. The zero-order chi connectivity index (χ0) is 14.9. The van der Waals surface area contributed by atoms with Crippen LogP contribution in [0.1, 0.15) is 36.4 Å². The van der Waals surface area contributed by atoms with Crippen molar-refractivity contribution in [3.8, 4) is 0 Å². The highest BCUT2D eigenvalue weighted by atomic mass is 19.1. The molecule has 0 bridgehead atoms. The Morgan fingerprint density at radius 1 is 0.857 bits per heavy atom. The van der Waals surface area contributed by atoms with Crippen LogP contribution >= 0.6 is 0 Å². The summed E-state index contributed by atoms with van der Waals surface area (Å²) in [5, 5.41) is 12.3. The third-order valence-corrected chi connectivity index (χ3v) is 3.52. The molecular weight excluding hydrogens is 265 g/mol. The first-order chi connectivity index (χ1) is 10.3. The molecule has 112 valence electrons. The summed E-state index contributed by atoms with van der Waals surface area (Å²) in [4.78, 5) is 0. The molecule has 0 aliphatic carbocycles. The normalized spacial score (nSPS) is 12.3. The van der Waals surface area contributed by atoms with Crippen LogP contribution in [0, 0.1) is 5.82 Å². The Bertz CT molecular complexity index is 513. The summed E-state index contributed by atoms with van der Waals surface area (Å²) in [6.07, 6.45) is 2.87. The zero-order valence-corrected chi connectivity index (χ0v) is 12.1. The van der Waals surface area contributed by atoms with Gasteiger partial charge in [-0.25, -0.2) is 4.39 Å². The van der Waals surface area contributed by atoms with Crippen molar-refractivity contribution in [1.29, 1.82) is 0 Å². The van der Waals surface area contributed by atoms with Crippen molar-refractivity contribution >= 4 is 0 Å². The minimum Gasteiger partial charge on any atom is -0.396 e. The van der Waals surface area contributed by atoms with E-state index in [9.17, 15) is 4.39 Å². The van der Waals surface area contributed by atoms with Crippen LogP contribution in [-0.4, -0.2) is 18.3 Å². The smallest absolute Gasteiger partial charge is 0.123 e. The Morgan fingerprint density at radius 2 is 1.52 bits per heavy atom. The fourth-order valence-corrected chi connectivity index (χ4v) is 2.39. The molecule has 0 saturated heterocycles. The first kappa shape index (κ1) is 15.7. The summed E-state index contributed by atoms with van der Waals surface area (Å²) < 4.78 is 13.1. The van der Waals surface area contributed by atoms with E-state index in [0.717, 1.165) is 31.4 Å². The largest absolute Gasteiger partial charge is 0.396 e. The van der Waals surface area contributed by atoms with E-state index in [1.54, 1.807) is 0 Å². The van der Waals surface area contributed by atoms with Crippen molar-refractivity contribution in [1.82, 2.24) is 5.32 Å². The van der Waals surface area contributed by atoms with Crippen LogP contribution in [0.5, 0.6) is 0 Å². The lowest BCUT2D eigenvalue weighted by Gasteiger charge is -2.20. The number of halogens is 1. The molecule has 1 unspecified atom stereocenters. The van der Waals surface area contributed by atoms with E-state index >= 15 is 0 Å². The van der Waals surface area contributed by atoms with E-state index in [1.165, 1.54) is 17.7 Å². The van der Waals surface area contributed by atoms with E-state index in [2.05, 4.69) is 17.4 Å². The highest BCUT2D eigenvalue weighted by molar-refractivity contribution is 5.31. The molecule has 0 spiro atoms. The molecule has 0 saturated carbocycles. The van der Waals surface area contributed by atoms with Crippen LogP contribution < -0.4 is 5.32 Å². The van der Waals surface area contributed by atoms with Gasteiger partial charge in [0.1, 0.15) is 5.82 Å². The van der Waals surface area contributed by atoms with Gasteiger partial charge in [0.05, 0.1) is 6.04 Å². The van der Waals surface area contributed by atoms with Gasteiger partial charge in [-0.15, -0.1) is 0 Å². The summed E-state index contributed by atoms with van der Waals surface area (Å²) in [6, 6.07) is 16.9. The molecule has 0 amide bonds. The van der Waals surface area contributed by atoms with Gasteiger partial charge >= 0.3 is 0 Å². The Morgan fingerprint density at radius 3 is 2.19 bits per heavy atom. The van der Waals surface area contributed by atoms with Gasteiger partial charge in [-0.3, -0.25) is 0 Å². The van der Waals surface area contributed by atoms with Gasteiger partial charge in [0.15, 0.2) is 0 Å². The average molecular weight is 287 g/mol. The molecular formula is C18H22FNO. The number of hydrogen-bond donors (Lipinski definition) is 2. The molecule has 2 N–H and O–H groups in total. The molecule has 2 nitrogen and oxygen atoms in total. The lowest BCUT2D eigenvalue weighted by molar-refractivity contribution is 0.282. The molecule has 2 rings (SSSR count). The number of nitrogens with one attached hydrogen (secondary N) is 1. The van der Waals surface area contributed by atoms with Gasteiger partial charge in [-0.1, -0.05) is 42.5 Å². The van der Waals surface area contributed by atoms with Crippen molar-refractivity contribution in [3.63, 3.8) is 0 Å². The molecule has 0 fully saturated rings. The topological polar surface area (TPSA) is 32.3 Å². The Balaban J connectivity index is 2.06. The minimum absolute atomic E-state index is 0.0703. The maximum absolute atomic E-state index is 13.1. The Kier molecular flexibility index (Phi) is 6.38. The molecule has 2 aromatic rings. The average Bonchev–Trinajstić information content (AvgIpc) is 2.53. The van der Waals surface area contributed by atoms with E-state index in [-0.39, 0.29) is 18.5 Å². The standard InChI is InChI=1S/C18H22FNO/c19-17-11-9-16(10-12-17)18(15-7-3-1-4-8-15)20-13-5-2-6-14-21/h1,3-4,7-12,18,20-21H,2,5-6,13-14H2. The van der Waals surface area contributed by atoms with Crippen molar-refractivity contribution in [3.05, 3.63) is 71.5 Å². The van der Waals surface area contributed by atoms with Gasteiger partial charge in [-0.2, -0.15) is 0 Å². The van der Waals surface area contributed by atoms with Crippen molar-refractivity contribution in [2.45, 2.75) is 25.3 Å². The van der Waals surface area contributed by atoms with Gasteiger partial charge in [0, 0.05) is 6.61 Å². The highest BCUT2D eigenvalue weighted by Gasteiger charge is 2.12. The second-order valence-electron chi connectivity index (χ2n) is 5.13. The first-order valence-electron chi connectivity index (χ1n) is 7.46. The summed E-state index contributed by atoms with van der Waals surface area (Å²) in [6.45, 7) is 1.12. The van der Waals surface area contributed by atoms with Crippen LogP contribution in [0.2, 0.25) is 0 Å². The number of aliphatic hydroxyl groups is 1. The number of hydrogen-bond acceptors (Lipinski definition) is 2. The first-order valence-corrected chi connectivity index (χ1v) is 7.46. The van der Waals surface area contributed by atoms with Gasteiger partial charge < -0.3 is 10.4 Å². The van der Waals surface area contributed by atoms with Crippen LogP contribution in [0.25, 0.3) is 0 Å². The van der Waals surface area contributed by atoms with Crippen molar-refractivity contribution in [2.75, 3.05) is 13.2 Å². The predicted molar refractivity (Wildman–Crippen MR) is 83.6 cm³/mol. The third-order valence-electron chi connectivity index (χ3n) is 3.52. The zero-order valence-electron chi connectivity index (χ0n) is 12.1. The maximum atomic E-state index is 13.1. The highest BCUT2D eigenvalue weighted by Crippen LogP contribution is 2.22. The van der Waals surface area contributed by atoms with E-state index in [0.29, 0.717) is 0 Å². The van der Waals surface area contributed by atoms with Gasteiger partial charge in [0.2, 0.25) is 0 Å². The van der Waals surface area contributed by atoms with E-state index in [1.807, 2.05) is 30.3 Å². The summed E-state index contributed by atoms with van der Waals surface area (Å²) in [7, 11) is 0. The molecule has 1 atom stereocenters. The SMILES string of the molecule is OCCCCCNC(c1ccccc1)c1ccc(F)cc1. The van der Waals surface area contributed by atoms with Gasteiger partial charge in [-0.05, 0) is 49.1 Å². The van der Waals surface area contributed by atoms with Gasteiger partial charge in [0.25, 0.3) is 0 Å². The molecule has 0 aromatic heterocycles. The summed E-state index contributed by atoms with van der Waals surface area (Å²) in [5.74, 6) is -0.214. The van der Waals surface area contributed by atoms with Crippen molar-refractivity contribution in [2.24, 2.45) is 0 Å². The van der Waals surface area contributed by atoms with Crippen LogP contribution in [-0.2, 0) is 0 Å². The molecule has 0 radical (unpaired) electrons. The van der Waals surface area contributed by atoms with E-state index < -0.39 is 0 Å². The lowest BCUT2D eigenvalue weighted by Crippen LogP contribution is -2.23. The second-order valence-corrected chi connectivity index (χ2v) is 5.13. The maximum Gasteiger partial charge on any atom is 0.123 e. The Labute approximate surface area is 125 Å². The molecule has 0 aliphatic heterocycles. The quantitative estimate of drug-likeness (QED) is 0.726. The third kappa shape index (κ3) is 4.96. The van der Waals surface area contributed by atoms with E-state index in [4.69, 9.17) is 5.11 Å². The number of unbranched alkanes of at least 4 members (excludes halogenated alkanes) is 2. The van der Waals surface area contributed by atoms with Crippen LogP contribution in [0.3, 0.4) is 0 Å². The molecule has 0 heterocycles. The lowest BCUT2D eigenvalue weighted by atomic mass is 9.98. The summed E-state index contributed by atoms with van der Waals surface area (Å²) in [5.41, 5.74) is 2.23. The molecule has 21 heavy (non-hydrogen) atoms.